The van der Waals surface area contributed by atoms with Crippen LogP contribution < -0.4 is 10.6 Å². The molecular formula is C17H22N2O. The Morgan fingerprint density at radius 3 is 2.45 bits per heavy atom. The number of benzene rings is 2. The average molecular weight is 270 g/mol. The van der Waals surface area contributed by atoms with E-state index >= 15 is 0 Å². The molecule has 0 aliphatic rings. The van der Waals surface area contributed by atoms with Crippen LogP contribution in [0.3, 0.4) is 0 Å². The summed E-state index contributed by atoms with van der Waals surface area (Å²) in [5.74, 6) is 0. The number of amides is 2. The van der Waals surface area contributed by atoms with Crippen molar-refractivity contribution in [1.29, 1.82) is 0 Å². The van der Waals surface area contributed by atoms with Gasteiger partial charge in [0.2, 0.25) is 0 Å². The zero-order chi connectivity index (χ0) is 14.5. The van der Waals surface area contributed by atoms with Crippen molar-refractivity contribution in [3.05, 3.63) is 48.0 Å². The zero-order valence-corrected chi connectivity index (χ0v) is 12.3. The van der Waals surface area contributed by atoms with Gasteiger partial charge in [0.05, 0.1) is 6.04 Å². The monoisotopic (exact) mass is 270 g/mol. The van der Waals surface area contributed by atoms with Gasteiger partial charge in [-0.15, -0.1) is 0 Å². The van der Waals surface area contributed by atoms with Crippen LogP contribution in [0.4, 0.5) is 4.79 Å². The predicted octanol–water partition coefficient (Wildman–Crippen LogP) is 4.00. The number of hydrogen-bond donors (Lipinski definition) is 2. The molecule has 0 saturated heterocycles. The minimum Gasteiger partial charge on any atom is -0.336 e. The molecule has 0 aliphatic heterocycles. The molecule has 3 nitrogen and oxygen atoms in total. The first-order chi connectivity index (χ1) is 9.60. The van der Waals surface area contributed by atoms with Gasteiger partial charge in [-0.05, 0) is 42.7 Å². The van der Waals surface area contributed by atoms with Crippen LogP contribution >= 0.6 is 0 Å². The normalized spacial score (nSPS) is 13.8. The highest BCUT2D eigenvalue weighted by atomic mass is 16.2. The van der Waals surface area contributed by atoms with Crippen LogP contribution in [0, 0.1) is 0 Å². The summed E-state index contributed by atoms with van der Waals surface area (Å²) in [5, 5.41) is 8.30. The highest BCUT2D eigenvalue weighted by molar-refractivity contribution is 5.83. The third-order valence-corrected chi connectivity index (χ3v) is 3.61. The van der Waals surface area contributed by atoms with E-state index in [9.17, 15) is 4.79 Å². The van der Waals surface area contributed by atoms with Crippen molar-refractivity contribution in [3.8, 4) is 0 Å². The molecule has 0 aromatic heterocycles. The standard InChI is InChI=1S/C17H22N2O/c1-4-12(2)18-17(20)19-13(3)15-10-9-14-7-5-6-8-16(14)11-15/h5-13H,4H2,1-3H3,(H2,18,19,20). The summed E-state index contributed by atoms with van der Waals surface area (Å²) in [6, 6.07) is 14.6. The van der Waals surface area contributed by atoms with Gasteiger partial charge in [-0.3, -0.25) is 0 Å². The second kappa shape index (κ2) is 6.42. The summed E-state index contributed by atoms with van der Waals surface area (Å²) >= 11 is 0. The van der Waals surface area contributed by atoms with Crippen LogP contribution in [0.15, 0.2) is 42.5 Å². The molecule has 2 atom stereocenters. The molecule has 106 valence electrons. The minimum atomic E-state index is -0.111. The van der Waals surface area contributed by atoms with Gasteiger partial charge in [-0.2, -0.15) is 0 Å². The third kappa shape index (κ3) is 3.50. The molecule has 2 aromatic rings. The number of fused-ring (bicyclic) bond motifs is 1. The highest BCUT2D eigenvalue weighted by Crippen LogP contribution is 2.20. The lowest BCUT2D eigenvalue weighted by molar-refractivity contribution is 0.234. The molecule has 0 spiro atoms. The lowest BCUT2D eigenvalue weighted by Gasteiger charge is -2.18. The van der Waals surface area contributed by atoms with Crippen molar-refractivity contribution in [2.24, 2.45) is 0 Å². The van der Waals surface area contributed by atoms with Crippen LogP contribution in [-0.4, -0.2) is 12.1 Å². The number of carbonyl (C=O) groups excluding carboxylic acids is 1. The summed E-state index contributed by atoms with van der Waals surface area (Å²) in [5.41, 5.74) is 1.11. The van der Waals surface area contributed by atoms with Gasteiger partial charge in [0, 0.05) is 6.04 Å². The Morgan fingerprint density at radius 2 is 1.75 bits per heavy atom. The van der Waals surface area contributed by atoms with Crippen molar-refractivity contribution in [1.82, 2.24) is 10.6 Å². The van der Waals surface area contributed by atoms with E-state index in [4.69, 9.17) is 0 Å². The summed E-state index contributed by atoms with van der Waals surface area (Å²) in [6.07, 6.45) is 0.928. The quantitative estimate of drug-likeness (QED) is 0.866. The van der Waals surface area contributed by atoms with Crippen LogP contribution in [0.25, 0.3) is 10.8 Å². The maximum atomic E-state index is 11.8. The summed E-state index contributed by atoms with van der Waals surface area (Å²) in [4.78, 5) is 11.8. The highest BCUT2D eigenvalue weighted by Gasteiger charge is 2.11. The van der Waals surface area contributed by atoms with Gasteiger partial charge in [0.1, 0.15) is 0 Å². The third-order valence-electron chi connectivity index (χ3n) is 3.61. The average Bonchev–Trinajstić information content (AvgIpc) is 2.46. The molecule has 20 heavy (non-hydrogen) atoms. The maximum Gasteiger partial charge on any atom is 0.315 e. The van der Waals surface area contributed by atoms with E-state index in [1.54, 1.807) is 0 Å². The second-order valence-electron chi connectivity index (χ2n) is 5.26. The summed E-state index contributed by atoms with van der Waals surface area (Å²) in [7, 11) is 0. The number of nitrogens with one attached hydrogen (secondary N) is 2. The van der Waals surface area contributed by atoms with Gasteiger partial charge in [-0.25, -0.2) is 4.79 Å². The van der Waals surface area contributed by atoms with Gasteiger partial charge < -0.3 is 10.6 Å². The Hall–Kier alpha value is -2.03. The first-order valence-electron chi connectivity index (χ1n) is 7.16. The largest absolute Gasteiger partial charge is 0.336 e. The van der Waals surface area contributed by atoms with E-state index < -0.39 is 0 Å². The Kier molecular flexibility index (Phi) is 4.61. The lowest BCUT2D eigenvalue weighted by atomic mass is 10.0. The van der Waals surface area contributed by atoms with Crippen LogP contribution in [-0.2, 0) is 0 Å². The first kappa shape index (κ1) is 14.4. The molecule has 0 fully saturated rings. The summed E-state index contributed by atoms with van der Waals surface area (Å²) < 4.78 is 0. The molecule has 3 heteroatoms. The first-order valence-corrected chi connectivity index (χ1v) is 7.16. The number of rotatable bonds is 4. The minimum absolute atomic E-state index is 0.0105. The molecule has 2 N–H and O–H groups in total. The van der Waals surface area contributed by atoms with E-state index in [0.29, 0.717) is 0 Å². The topological polar surface area (TPSA) is 41.1 Å². The van der Waals surface area contributed by atoms with Crippen molar-refractivity contribution in [2.45, 2.75) is 39.3 Å². The number of hydrogen-bond acceptors (Lipinski definition) is 1. The molecule has 2 amide bonds. The van der Waals surface area contributed by atoms with E-state index in [0.717, 1.165) is 12.0 Å². The van der Waals surface area contributed by atoms with E-state index in [1.165, 1.54) is 10.8 Å². The van der Waals surface area contributed by atoms with Gasteiger partial charge in [0.15, 0.2) is 0 Å². The molecule has 0 aliphatic carbocycles. The summed E-state index contributed by atoms with van der Waals surface area (Å²) in [6.45, 7) is 6.05. The predicted molar refractivity (Wildman–Crippen MR) is 83.8 cm³/mol. The maximum absolute atomic E-state index is 11.8. The van der Waals surface area contributed by atoms with Crippen LogP contribution in [0.1, 0.15) is 38.8 Å². The van der Waals surface area contributed by atoms with Crippen molar-refractivity contribution in [2.75, 3.05) is 0 Å². The molecular weight excluding hydrogens is 248 g/mol. The Bertz CT molecular complexity index is 594. The van der Waals surface area contributed by atoms with Gasteiger partial charge in [0.25, 0.3) is 0 Å². The van der Waals surface area contributed by atoms with Crippen LogP contribution in [0.2, 0.25) is 0 Å². The van der Waals surface area contributed by atoms with E-state index in [-0.39, 0.29) is 18.1 Å². The fraction of sp³-hybridized carbons (Fsp3) is 0.353. The van der Waals surface area contributed by atoms with Crippen molar-refractivity contribution >= 4 is 16.8 Å². The second-order valence-corrected chi connectivity index (χ2v) is 5.26. The molecule has 0 heterocycles. The van der Waals surface area contributed by atoms with Gasteiger partial charge >= 0.3 is 6.03 Å². The number of carbonyl (C=O) groups is 1. The smallest absolute Gasteiger partial charge is 0.315 e. The van der Waals surface area contributed by atoms with Gasteiger partial charge in [-0.1, -0.05) is 43.3 Å². The Labute approximate surface area is 120 Å². The van der Waals surface area contributed by atoms with E-state index in [2.05, 4.69) is 47.9 Å². The zero-order valence-electron chi connectivity index (χ0n) is 12.3. The Morgan fingerprint density at radius 1 is 1.05 bits per heavy atom. The lowest BCUT2D eigenvalue weighted by Crippen LogP contribution is -2.41. The van der Waals surface area contributed by atoms with Crippen molar-refractivity contribution in [3.63, 3.8) is 0 Å². The SMILES string of the molecule is CCC(C)NC(=O)NC(C)c1ccc2ccccc2c1. The van der Waals surface area contributed by atoms with E-state index in [1.807, 2.05) is 26.0 Å². The molecule has 0 radical (unpaired) electrons. The molecule has 0 saturated carbocycles. The molecule has 0 bridgehead atoms. The molecule has 2 unspecified atom stereocenters. The molecule has 2 aromatic carbocycles. The van der Waals surface area contributed by atoms with Crippen LogP contribution in [0.5, 0.6) is 0 Å². The Balaban J connectivity index is 2.07. The fourth-order valence-corrected chi connectivity index (χ4v) is 2.12. The fourth-order valence-electron chi connectivity index (χ4n) is 2.12. The van der Waals surface area contributed by atoms with Crippen molar-refractivity contribution < 1.29 is 4.79 Å². The number of urea groups is 1. The molecule has 2 rings (SSSR count).